The van der Waals surface area contributed by atoms with Gasteiger partial charge in [0.15, 0.2) is 0 Å². The van der Waals surface area contributed by atoms with Crippen LogP contribution < -0.4 is 10.3 Å². The number of pyridine rings is 3. The smallest absolute Gasteiger partial charge is 0.269 e. The zero-order chi connectivity index (χ0) is 27.4. The van der Waals surface area contributed by atoms with E-state index in [1.165, 1.54) is 6.20 Å². The fraction of sp³-hybridized carbons (Fsp3) is 0.179. The molecule has 0 radical (unpaired) electrons. The zero-order valence-electron chi connectivity index (χ0n) is 20.8. The number of benzene rings is 1. The van der Waals surface area contributed by atoms with Crippen molar-refractivity contribution >= 4 is 39.8 Å². The number of hydrogen-bond donors (Lipinski definition) is 0. The topological polar surface area (TPSA) is 93.2 Å². The van der Waals surface area contributed by atoms with Crippen LogP contribution in [0.3, 0.4) is 0 Å². The van der Waals surface area contributed by atoms with E-state index >= 15 is 0 Å². The van der Waals surface area contributed by atoms with E-state index in [4.69, 9.17) is 38.2 Å². The molecule has 3 aromatic heterocycles. The molecule has 7 nitrogen and oxygen atoms in total. The Morgan fingerprint density at radius 3 is 2.82 bits per heavy atom. The van der Waals surface area contributed by atoms with Crippen molar-refractivity contribution < 1.29 is 9.13 Å². The highest BCUT2D eigenvalue weighted by atomic mass is 35.5. The van der Waals surface area contributed by atoms with Crippen LogP contribution in [0, 0.1) is 24.1 Å². The number of hydrogen-bond acceptors (Lipinski definition) is 6. The van der Waals surface area contributed by atoms with Crippen LogP contribution in [-0.2, 0) is 13.2 Å². The van der Waals surface area contributed by atoms with Crippen molar-refractivity contribution in [2.24, 2.45) is 4.99 Å². The monoisotopic (exact) mass is 549 g/mol. The maximum absolute atomic E-state index is 14.0. The van der Waals surface area contributed by atoms with Gasteiger partial charge in [0.1, 0.15) is 35.3 Å². The molecule has 0 aliphatic carbocycles. The second-order valence-electron chi connectivity index (χ2n) is 8.30. The van der Waals surface area contributed by atoms with Crippen molar-refractivity contribution in [3.63, 3.8) is 0 Å². The Morgan fingerprint density at radius 2 is 2.11 bits per heavy atom. The summed E-state index contributed by atoms with van der Waals surface area (Å²) in [7, 11) is 1.68. The molecule has 0 aliphatic heterocycles. The van der Waals surface area contributed by atoms with Crippen molar-refractivity contribution in [1.82, 2.24) is 14.5 Å². The van der Waals surface area contributed by atoms with Crippen LogP contribution >= 0.6 is 23.2 Å². The van der Waals surface area contributed by atoms with Crippen LogP contribution in [0.4, 0.5) is 4.39 Å². The highest BCUT2D eigenvalue weighted by molar-refractivity contribution is 6.47. The molecule has 0 atom stereocenters. The van der Waals surface area contributed by atoms with Crippen LogP contribution in [-0.4, -0.2) is 27.3 Å². The van der Waals surface area contributed by atoms with Crippen molar-refractivity contribution in [2.45, 2.75) is 27.0 Å². The minimum atomic E-state index is -0.706. The lowest BCUT2D eigenvalue weighted by Crippen LogP contribution is -2.24. The fourth-order valence-electron chi connectivity index (χ4n) is 4.06. The van der Waals surface area contributed by atoms with Gasteiger partial charge in [0.25, 0.3) is 5.56 Å². The highest BCUT2D eigenvalue weighted by Crippen LogP contribution is 2.31. The quantitative estimate of drug-likeness (QED) is 0.265. The largest absolute Gasteiger partial charge is 0.486 e. The van der Waals surface area contributed by atoms with E-state index < -0.39 is 11.4 Å². The van der Waals surface area contributed by atoms with Gasteiger partial charge >= 0.3 is 0 Å². The Hall–Kier alpha value is -4.06. The van der Waals surface area contributed by atoms with Crippen LogP contribution in [0.25, 0.3) is 10.9 Å². The molecule has 3 heterocycles. The number of aryl methyl sites for hydroxylation is 1. The molecule has 0 spiro atoms. The number of nitrogens with zero attached hydrogens (tertiary/aromatic N) is 5. The van der Waals surface area contributed by atoms with Crippen LogP contribution in [0.1, 0.15) is 35.0 Å². The molecule has 0 amide bonds. The van der Waals surface area contributed by atoms with E-state index in [2.05, 4.69) is 9.98 Å². The van der Waals surface area contributed by atoms with E-state index in [-0.39, 0.29) is 18.7 Å². The molecule has 38 heavy (non-hydrogen) atoms. The second kappa shape index (κ2) is 11.5. The van der Waals surface area contributed by atoms with E-state index in [9.17, 15) is 9.18 Å². The summed E-state index contributed by atoms with van der Waals surface area (Å²) < 4.78 is 21.3. The number of halogens is 3. The second-order valence-corrected chi connectivity index (χ2v) is 9.11. The number of ether oxygens (including phenoxy) is 1. The minimum Gasteiger partial charge on any atom is -0.486 e. The number of rotatable bonds is 7. The standard InChI is InChI=1S/C28H22Cl2FN5O2/c1-4-22(29)26(33-3)20-10-16(2)35-27-19(20)6-5-7-25(27)38-15-21-23(30)8-9-34-24(21)14-36-13-18(31)11-17(12-32)28(36)37/h4-11,13H,14-15H2,1-3H3/b22-4+,33-26-. The van der Waals surface area contributed by atoms with E-state index in [0.29, 0.717) is 38.3 Å². The summed E-state index contributed by atoms with van der Waals surface area (Å²) in [6.07, 6.45) is 4.29. The first kappa shape index (κ1) is 27.0. The molecular weight excluding hydrogens is 528 g/mol. The van der Waals surface area contributed by atoms with E-state index in [0.717, 1.165) is 33.5 Å². The molecule has 4 rings (SSSR count). The van der Waals surface area contributed by atoms with Crippen molar-refractivity contribution in [3.8, 4) is 11.8 Å². The molecule has 0 unspecified atom stereocenters. The molecule has 0 bridgehead atoms. The van der Waals surface area contributed by atoms with E-state index in [1.807, 2.05) is 32.0 Å². The molecule has 0 aliphatic rings. The summed E-state index contributed by atoms with van der Waals surface area (Å²) in [6.45, 7) is 3.62. The maximum atomic E-state index is 14.0. The van der Waals surface area contributed by atoms with Crippen molar-refractivity contribution in [2.75, 3.05) is 7.05 Å². The molecule has 192 valence electrons. The highest BCUT2D eigenvalue weighted by Gasteiger charge is 2.17. The maximum Gasteiger partial charge on any atom is 0.269 e. The number of allylic oxidation sites excluding steroid dienone is 2. The van der Waals surface area contributed by atoms with Gasteiger partial charge in [0, 0.05) is 41.6 Å². The van der Waals surface area contributed by atoms with Gasteiger partial charge in [-0.25, -0.2) is 9.37 Å². The lowest BCUT2D eigenvalue weighted by atomic mass is 10.0. The zero-order valence-corrected chi connectivity index (χ0v) is 22.3. The Kier molecular flexibility index (Phi) is 8.20. The van der Waals surface area contributed by atoms with Gasteiger partial charge < -0.3 is 9.30 Å². The lowest BCUT2D eigenvalue weighted by molar-refractivity contribution is 0.307. The Labute approximate surface area is 228 Å². The van der Waals surface area contributed by atoms with Gasteiger partial charge in [0.05, 0.1) is 28.0 Å². The summed E-state index contributed by atoms with van der Waals surface area (Å²) >= 11 is 12.9. The number of fused-ring (bicyclic) bond motifs is 1. The fourth-order valence-corrected chi connectivity index (χ4v) is 4.47. The predicted octanol–water partition coefficient (Wildman–Crippen LogP) is 5.95. The number of para-hydroxylation sites is 1. The molecule has 0 N–H and O–H groups in total. The summed E-state index contributed by atoms with van der Waals surface area (Å²) in [5.41, 5.74) is 2.82. The van der Waals surface area contributed by atoms with Crippen LogP contribution in [0.15, 0.2) is 69.7 Å². The first-order valence-electron chi connectivity index (χ1n) is 11.5. The third kappa shape index (κ3) is 5.44. The van der Waals surface area contributed by atoms with Gasteiger partial charge in [-0.05, 0) is 38.1 Å². The SMILES string of the molecule is C/C=C(Cl)\C(=N/C)c1cc(C)nc2c(OCc3c(Cl)ccnc3Cn3cc(F)cc(C#N)c3=O)cccc12. The third-order valence-electron chi connectivity index (χ3n) is 5.84. The Bertz CT molecular complexity index is 1710. The number of aliphatic imine (C=N–C) groups is 1. The summed E-state index contributed by atoms with van der Waals surface area (Å²) in [5.74, 6) is -0.206. The first-order chi connectivity index (χ1) is 18.3. The van der Waals surface area contributed by atoms with Crippen LogP contribution in [0.2, 0.25) is 5.02 Å². The van der Waals surface area contributed by atoms with Gasteiger partial charge in [-0.1, -0.05) is 41.4 Å². The van der Waals surface area contributed by atoms with Gasteiger partial charge in [0.2, 0.25) is 0 Å². The molecular formula is C28H22Cl2FN5O2. The summed E-state index contributed by atoms with van der Waals surface area (Å²) in [5, 5.41) is 10.8. The summed E-state index contributed by atoms with van der Waals surface area (Å²) in [4.78, 5) is 26.0. The van der Waals surface area contributed by atoms with Crippen LogP contribution in [0.5, 0.6) is 5.75 Å². The Balaban J connectivity index is 1.73. The van der Waals surface area contributed by atoms with E-state index in [1.54, 1.807) is 31.3 Å². The molecule has 4 aromatic rings. The number of aromatic nitrogens is 3. The molecule has 0 saturated heterocycles. The first-order valence-corrected chi connectivity index (χ1v) is 12.3. The minimum absolute atomic E-state index is 0.00555. The van der Waals surface area contributed by atoms with Gasteiger partial charge in [-0.2, -0.15) is 5.26 Å². The van der Waals surface area contributed by atoms with Crippen molar-refractivity contribution in [1.29, 1.82) is 5.26 Å². The Morgan fingerprint density at radius 1 is 1.32 bits per heavy atom. The molecule has 0 fully saturated rings. The molecule has 0 saturated carbocycles. The normalized spacial score (nSPS) is 12.0. The average molecular weight is 550 g/mol. The third-order valence-corrected chi connectivity index (χ3v) is 6.59. The number of nitriles is 1. The van der Waals surface area contributed by atoms with Gasteiger partial charge in [-0.15, -0.1) is 0 Å². The summed E-state index contributed by atoms with van der Waals surface area (Å²) in [6, 6.07) is 11.7. The predicted molar refractivity (Wildman–Crippen MR) is 147 cm³/mol. The average Bonchev–Trinajstić information content (AvgIpc) is 2.90. The lowest BCUT2D eigenvalue weighted by Gasteiger charge is -2.16. The molecule has 10 heteroatoms. The van der Waals surface area contributed by atoms with Crippen molar-refractivity contribution in [3.05, 3.63) is 109 Å². The molecule has 1 aromatic carbocycles. The van der Waals surface area contributed by atoms with Gasteiger partial charge in [-0.3, -0.25) is 14.8 Å².